The van der Waals surface area contributed by atoms with Gasteiger partial charge in [-0.1, -0.05) is 44.2 Å². The zero-order chi connectivity index (χ0) is 13.5. The van der Waals surface area contributed by atoms with Crippen LogP contribution in [0.5, 0.6) is 0 Å². The van der Waals surface area contributed by atoms with Crippen molar-refractivity contribution in [3.05, 3.63) is 35.9 Å². The van der Waals surface area contributed by atoms with Gasteiger partial charge in [0.2, 0.25) is 0 Å². The molecule has 1 fully saturated rings. The fourth-order valence-electron chi connectivity index (χ4n) is 2.98. The minimum absolute atomic E-state index is 0.755. The first-order valence-electron chi connectivity index (χ1n) is 7.74. The van der Waals surface area contributed by atoms with Crippen LogP contribution in [0.2, 0.25) is 0 Å². The Balaban J connectivity index is 1.89. The third kappa shape index (κ3) is 4.96. The van der Waals surface area contributed by atoms with E-state index in [9.17, 15) is 0 Å². The van der Waals surface area contributed by atoms with Crippen molar-refractivity contribution >= 4 is 0 Å². The summed E-state index contributed by atoms with van der Waals surface area (Å²) >= 11 is 0. The summed E-state index contributed by atoms with van der Waals surface area (Å²) in [6.07, 6.45) is 3.79. The monoisotopic (exact) mass is 260 g/mol. The van der Waals surface area contributed by atoms with Gasteiger partial charge >= 0.3 is 0 Å². The molecule has 0 radical (unpaired) electrons. The molecule has 1 aromatic carbocycles. The minimum Gasteiger partial charge on any atom is -0.317 e. The summed E-state index contributed by atoms with van der Waals surface area (Å²) in [6.45, 7) is 9.47. The molecule has 1 aliphatic rings. The summed E-state index contributed by atoms with van der Waals surface area (Å²) in [5.41, 5.74) is 1.46. The van der Waals surface area contributed by atoms with Crippen molar-refractivity contribution in [2.45, 2.75) is 39.2 Å². The molecule has 19 heavy (non-hydrogen) atoms. The van der Waals surface area contributed by atoms with Gasteiger partial charge in [0.05, 0.1) is 0 Å². The van der Waals surface area contributed by atoms with Crippen LogP contribution in [0.3, 0.4) is 0 Å². The molecule has 0 saturated carbocycles. The second kappa shape index (κ2) is 7.66. The first-order valence-corrected chi connectivity index (χ1v) is 7.74. The molecule has 2 rings (SSSR count). The van der Waals surface area contributed by atoms with E-state index < -0.39 is 0 Å². The van der Waals surface area contributed by atoms with E-state index in [1.807, 2.05) is 0 Å². The summed E-state index contributed by atoms with van der Waals surface area (Å²) < 4.78 is 0. The number of hydrogen-bond donors (Lipinski definition) is 1. The predicted molar refractivity (Wildman–Crippen MR) is 82.4 cm³/mol. The lowest BCUT2D eigenvalue weighted by molar-refractivity contribution is 0.147. The molecule has 0 bridgehead atoms. The largest absolute Gasteiger partial charge is 0.317 e. The smallest absolute Gasteiger partial charge is 0.0120 e. The van der Waals surface area contributed by atoms with Crippen molar-refractivity contribution in [1.82, 2.24) is 10.2 Å². The van der Waals surface area contributed by atoms with Crippen LogP contribution in [0, 0.1) is 5.92 Å². The fourth-order valence-corrected chi connectivity index (χ4v) is 2.98. The average molecular weight is 260 g/mol. The Bertz CT molecular complexity index is 342. The molecule has 0 unspecified atom stereocenters. The van der Waals surface area contributed by atoms with E-state index in [1.54, 1.807) is 0 Å². The lowest BCUT2D eigenvalue weighted by Gasteiger charge is -2.35. The predicted octanol–water partition coefficient (Wildman–Crippen LogP) is 2.94. The zero-order valence-corrected chi connectivity index (χ0v) is 12.4. The maximum atomic E-state index is 3.47. The highest BCUT2D eigenvalue weighted by Gasteiger charge is 2.21. The third-order valence-corrected chi connectivity index (χ3v) is 3.96. The Morgan fingerprint density at radius 1 is 1.16 bits per heavy atom. The van der Waals surface area contributed by atoms with Crippen molar-refractivity contribution in [2.75, 3.05) is 26.2 Å². The van der Waals surface area contributed by atoms with Crippen molar-refractivity contribution in [3.8, 4) is 0 Å². The normalized spacial score (nSPS) is 17.3. The molecule has 1 saturated heterocycles. The van der Waals surface area contributed by atoms with Crippen LogP contribution in [0.1, 0.15) is 32.3 Å². The maximum absolute atomic E-state index is 3.47. The average Bonchev–Trinajstić information content (AvgIpc) is 2.45. The third-order valence-electron chi connectivity index (χ3n) is 3.96. The number of piperidine rings is 1. The van der Waals surface area contributed by atoms with Gasteiger partial charge in [-0.2, -0.15) is 0 Å². The van der Waals surface area contributed by atoms with Crippen LogP contribution >= 0.6 is 0 Å². The van der Waals surface area contributed by atoms with Crippen molar-refractivity contribution in [3.63, 3.8) is 0 Å². The molecular weight excluding hydrogens is 232 g/mol. The van der Waals surface area contributed by atoms with Gasteiger partial charge < -0.3 is 5.32 Å². The van der Waals surface area contributed by atoms with E-state index in [-0.39, 0.29) is 0 Å². The molecule has 2 nitrogen and oxygen atoms in total. The second-order valence-corrected chi connectivity index (χ2v) is 6.11. The molecule has 2 heteroatoms. The number of benzene rings is 1. The highest BCUT2D eigenvalue weighted by atomic mass is 15.2. The Hall–Kier alpha value is -0.860. The van der Waals surface area contributed by atoms with Gasteiger partial charge in [0, 0.05) is 19.1 Å². The molecule has 1 aliphatic heterocycles. The van der Waals surface area contributed by atoms with E-state index in [2.05, 4.69) is 54.4 Å². The molecule has 1 heterocycles. The Morgan fingerprint density at radius 2 is 1.84 bits per heavy atom. The van der Waals surface area contributed by atoms with Crippen molar-refractivity contribution in [1.29, 1.82) is 0 Å². The van der Waals surface area contributed by atoms with Crippen LogP contribution in [0.15, 0.2) is 30.3 Å². The summed E-state index contributed by atoms with van der Waals surface area (Å²) in [7, 11) is 0. The molecule has 0 amide bonds. The van der Waals surface area contributed by atoms with Gasteiger partial charge in [-0.15, -0.1) is 0 Å². The molecule has 0 aliphatic carbocycles. The van der Waals surface area contributed by atoms with Crippen LogP contribution < -0.4 is 5.32 Å². The second-order valence-electron chi connectivity index (χ2n) is 6.11. The molecule has 0 aromatic heterocycles. The van der Waals surface area contributed by atoms with E-state index in [4.69, 9.17) is 0 Å². The number of nitrogens with one attached hydrogen (secondary N) is 1. The van der Waals surface area contributed by atoms with E-state index in [0.717, 1.165) is 12.0 Å². The first-order chi connectivity index (χ1) is 9.25. The Morgan fingerprint density at radius 3 is 2.47 bits per heavy atom. The van der Waals surface area contributed by atoms with Crippen molar-refractivity contribution in [2.24, 2.45) is 5.92 Å². The van der Waals surface area contributed by atoms with Gasteiger partial charge in [-0.3, -0.25) is 4.90 Å². The Kier molecular flexibility index (Phi) is 5.87. The summed E-state index contributed by atoms with van der Waals surface area (Å²) in [4.78, 5) is 2.72. The topological polar surface area (TPSA) is 15.3 Å². The SMILES string of the molecule is CC(C)CN(CCc1ccccc1)C1CCNCC1. The molecule has 0 spiro atoms. The van der Waals surface area contributed by atoms with Gasteiger partial charge in [0.15, 0.2) is 0 Å². The van der Waals surface area contributed by atoms with E-state index in [1.165, 1.54) is 51.0 Å². The zero-order valence-electron chi connectivity index (χ0n) is 12.4. The summed E-state index contributed by atoms with van der Waals surface area (Å²) in [5, 5.41) is 3.47. The molecule has 106 valence electrons. The lowest BCUT2D eigenvalue weighted by Crippen LogP contribution is -2.45. The summed E-state index contributed by atoms with van der Waals surface area (Å²) in [6, 6.07) is 11.7. The van der Waals surface area contributed by atoms with Gasteiger partial charge in [0.25, 0.3) is 0 Å². The standard InChI is InChI=1S/C17H28N2/c1-15(2)14-19(17-8-11-18-12-9-17)13-10-16-6-4-3-5-7-16/h3-7,15,17-18H,8-14H2,1-2H3. The van der Waals surface area contributed by atoms with Gasteiger partial charge in [-0.05, 0) is 43.8 Å². The highest BCUT2D eigenvalue weighted by molar-refractivity contribution is 5.14. The van der Waals surface area contributed by atoms with Crippen LogP contribution in [0.4, 0.5) is 0 Å². The van der Waals surface area contributed by atoms with Crippen molar-refractivity contribution < 1.29 is 0 Å². The van der Waals surface area contributed by atoms with E-state index in [0.29, 0.717) is 0 Å². The molecule has 1 N–H and O–H groups in total. The van der Waals surface area contributed by atoms with Crippen LogP contribution in [-0.2, 0) is 6.42 Å². The summed E-state index contributed by atoms with van der Waals surface area (Å²) in [5.74, 6) is 0.755. The minimum atomic E-state index is 0.755. The van der Waals surface area contributed by atoms with Gasteiger partial charge in [-0.25, -0.2) is 0 Å². The lowest BCUT2D eigenvalue weighted by atomic mass is 10.0. The molecular formula is C17H28N2. The Labute approximate surface area is 118 Å². The number of hydrogen-bond acceptors (Lipinski definition) is 2. The highest BCUT2D eigenvalue weighted by Crippen LogP contribution is 2.15. The maximum Gasteiger partial charge on any atom is 0.0120 e. The number of nitrogens with zero attached hydrogens (tertiary/aromatic N) is 1. The molecule has 0 atom stereocenters. The first kappa shape index (κ1) is 14.5. The van der Waals surface area contributed by atoms with Gasteiger partial charge in [0.1, 0.15) is 0 Å². The van der Waals surface area contributed by atoms with E-state index >= 15 is 0 Å². The van der Waals surface area contributed by atoms with Crippen LogP contribution in [-0.4, -0.2) is 37.1 Å². The van der Waals surface area contributed by atoms with Crippen LogP contribution in [0.25, 0.3) is 0 Å². The quantitative estimate of drug-likeness (QED) is 0.846. The fraction of sp³-hybridized carbons (Fsp3) is 0.647. The molecule has 1 aromatic rings. The number of rotatable bonds is 6.